The minimum absolute atomic E-state index is 0.296. The molecule has 27 heavy (non-hydrogen) atoms. The van der Waals surface area contributed by atoms with Crippen LogP contribution in [0, 0.1) is 5.21 Å². The highest BCUT2D eigenvalue weighted by Gasteiger charge is 2.51. The molecule has 1 aliphatic heterocycles. The quantitative estimate of drug-likeness (QED) is 0.295. The zero-order chi connectivity index (χ0) is 20.2. The topological polar surface area (TPSA) is 74.0 Å². The van der Waals surface area contributed by atoms with E-state index in [2.05, 4.69) is 6.92 Å². The number of aliphatic carboxylic acids is 1. The highest BCUT2D eigenvalue weighted by molar-refractivity contribution is 5.66. The van der Waals surface area contributed by atoms with Gasteiger partial charge in [0.05, 0.1) is 0 Å². The van der Waals surface area contributed by atoms with Crippen LogP contribution >= 0.6 is 0 Å². The van der Waals surface area contributed by atoms with Crippen molar-refractivity contribution in [3.8, 4) is 0 Å². The molecule has 2 atom stereocenters. The molecule has 0 aromatic rings. The van der Waals surface area contributed by atoms with Crippen LogP contribution in [0.2, 0.25) is 0 Å². The summed E-state index contributed by atoms with van der Waals surface area (Å²) in [4.78, 5) is 10.5. The molecule has 5 nitrogen and oxygen atoms in total. The smallest absolute Gasteiger partial charge is 0.303 e. The minimum atomic E-state index is -0.689. The van der Waals surface area contributed by atoms with Gasteiger partial charge in [-0.1, -0.05) is 64.7 Å². The number of ether oxygens (including phenoxy) is 1. The third-order valence-corrected chi connectivity index (χ3v) is 5.89. The number of nitrogens with one attached hydrogen (secondary N) is 1. The van der Waals surface area contributed by atoms with E-state index in [9.17, 15) is 10.0 Å². The van der Waals surface area contributed by atoms with E-state index in [-0.39, 0.29) is 5.54 Å². The molecule has 0 aromatic heterocycles. The first-order valence-electron chi connectivity index (χ1n) is 11.2. The van der Waals surface area contributed by atoms with Gasteiger partial charge in [0, 0.05) is 19.3 Å². The highest BCUT2D eigenvalue weighted by atomic mass is 16.6. The summed E-state index contributed by atoms with van der Waals surface area (Å²) in [5.41, 5.74) is -0.852. The van der Waals surface area contributed by atoms with E-state index in [1.165, 1.54) is 38.5 Å². The van der Waals surface area contributed by atoms with Gasteiger partial charge in [0.2, 0.25) is 5.72 Å². The summed E-state index contributed by atoms with van der Waals surface area (Å²) < 4.78 is 6.14. The van der Waals surface area contributed by atoms with Gasteiger partial charge in [0.1, 0.15) is 12.1 Å². The van der Waals surface area contributed by atoms with Gasteiger partial charge in [0.15, 0.2) is 0 Å². The fraction of sp³-hybridized carbons (Fsp3) is 0.955. The Morgan fingerprint density at radius 1 is 0.926 bits per heavy atom. The Balaban J connectivity index is 2.23. The Morgan fingerprint density at radius 2 is 1.41 bits per heavy atom. The van der Waals surface area contributed by atoms with Crippen LogP contribution in [0.25, 0.3) is 0 Å². The van der Waals surface area contributed by atoms with Crippen LogP contribution in [0.4, 0.5) is 0 Å². The van der Waals surface area contributed by atoms with Gasteiger partial charge in [-0.25, -0.2) is 0 Å². The highest BCUT2D eigenvalue weighted by Crippen LogP contribution is 2.28. The van der Waals surface area contributed by atoms with Crippen molar-refractivity contribution in [3.05, 3.63) is 5.21 Å². The number of hydrogen-bond acceptors (Lipinski definition) is 3. The van der Waals surface area contributed by atoms with Crippen LogP contribution in [0.1, 0.15) is 117 Å². The van der Waals surface area contributed by atoms with Crippen molar-refractivity contribution in [2.24, 2.45) is 0 Å². The zero-order valence-corrected chi connectivity index (χ0v) is 18.0. The molecule has 1 heterocycles. The van der Waals surface area contributed by atoms with E-state index in [1.54, 1.807) is 0 Å². The number of unbranched alkanes of at least 4 members (excludes halogenated alkanes) is 10. The maximum atomic E-state index is 13.0. The van der Waals surface area contributed by atoms with Crippen LogP contribution in [0.3, 0.4) is 0 Å². The van der Waals surface area contributed by atoms with Crippen molar-refractivity contribution in [1.82, 2.24) is 0 Å². The second-order valence-corrected chi connectivity index (χ2v) is 9.03. The fourth-order valence-electron chi connectivity index (χ4n) is 4.15. The molecule has 0 aromatic carbocycles. The Morgan fingerprint density at radius 3 is 1.85 bits per heavy atom. The van der Waals surface area contributed by atoms with E-state index in [1.807, 2.05) is 13.8 Å². The lowest BCUT2D eigenvalue weighted by atomic mass is 9.95. The zero-order valence-electron chi connectivity index (χ0n) is 18.0. The molecule has 1 saturated heterocycles. The minimum Gasteiger partial charge on any atom is -0.632 e. The maximum absolute atomic E-state index is 13.0. The summed E-state index contributed by atoms with van der Waals surface area (Å²) in [6.45, 7) is 6.82. The lowest BCUT2D eigenvalue weighted by Gasteiger charge is -2.42. The van der Waals surface area contributed by atoms with Crippen LogP contribution < -0.4 is 5.06 Å². The van der Waals surface area contributed by atoms with Crippen molar-refractivity contribution < 1.29 is 19.7 Å². The molecule has 2 unspecified atom stereocenters. The molecule has 1 rings (SSSR count). The van der Waals surface area contributed by atoms with Crippen LogP contribution in [0.15, 0.2) is 0 Å². The van der Waals surface area contributed by atoms with Crippen LogP contribution in [0.5, 0.6) is 0 Å². The molecule has 0 radical (unpaired) electrons. The third kappa shape index (κ3) is 8.93. The number of carboxylic acids is 1. The van der Waals surface area contributed by atoms with Gasteiger partial charge >= 0.3 is 5.97 Å². The van der Waals surface area contributed by atoms with E-state index in [0.717, 1.165) is 51.4 Å². The molecule has 5 heteroatoms. The molecular formula is C22H43NO4. The summed E-state index contributed by atoms with van der Waals surface area (Å²) in [5, 5.41) is 21.9. The number of hydroxylamine groups is 2. The van der Waals surface area contributed by atoms with E-state index in [0.29, 0.717) is 18.1 Å². The molecule has 2 N–H and O–H groups in total. The normalized spacial score (nSPS) is 24.4. The monoisotopic (exact) mass is 385 g/mol. The standard InChI is InChI=1S/C22H43NO4/c1-4-5-6-14-17-22(23(26)21(2,3)19-27-22)18-15-12-10-8-7-9-11-13-16-20(24)25/h23H,4-19H2,1-3H3,(H,24,25). The molecule has 1 aliphatic rings. The second kappa shape index (κ2) is 12.7. The van der Waals surface area contributed by atoms with E-state index < -0.39 is 11.7 Å². The Labute approximate surface area is 166 Å². The Hall–Kier alpha value is -0.650. The van der Waals surface area contributed by atoms with Gasteiger partial charge in [-0.3, -0.25) is 4.79 Å². The lowest BCUT2D eigenvalue weighted by molar-refractivity contribution is -0.950. The summed E-state index contributed by atoms with van der Waals surface area (Å²) in [6, 6.07) is 0. The van der Waals surface area contributed by atoms with Crippen molar-refractivity contribution in [3.63, 3.8) is 0 Å². The predicted molar refractivity (Wildman–Crippen MR) is 110 cm³/mol. The molecule has 160 valence electrons. The summed E-state index contributed by atoms with van der Waals surface area (Å²) in [7, 11) is 0. The summed E-state index contributed by atoms with van der Waals surface area (Å²) in [6.07, 6.45) is 15.5. The van der Waals surface area contributed by atoms with Crippen LogP contribution in [-0.2, 0) is 9.53 Å². The lowest BCUT2D eigenvalue weighted by Crippen LogP contribution is -3.20. The number of carboxylic acid groups (broad SMARTS) is 1. The molecule has 0 saturated carbocycles. The van der Waals surface area contributed by atoms with Gasteiger partial charge < -0.3 is 20.1 Å². The van der Waals surface area contributed by atoms with Crippen molar-refractivity contribution in [2.45, 2.75) is 128 Å². The first-order chi connectivity index (χ1) is 12.8. The van der Waals surface area contributed by atoms with E-state index in [4.69, 9.17) is 9.84 Å². The van der Waals surface area contributed by atoms with Crippen molar-refractivity contribution >= 4 is 5.97 Å². The number of rotatable bonds is 16. The van der Waals surface area contributed by atoms with Crippen molar-refractivity contribution in [1.29, 1.82) is 0 Å². The third-order valence-electron chi connectivity index (χ3n) is 5.89. The molecular weight excluding hydrogens is 342 g/mol. The number of quaternary nitrogens is 1. The molecule has 1 fully saturated rings. The molecule has 0 aliphatic carbocycles. The number of carbonyl (C=O) groups is 1. The second-order valence-electron chi connectivity index (χ2n) is 9.03. The fourth-order valence-corrected chi connectivity index (χ4v) is 4.15. The average molecular weight is 386 g/mol. The van der Waals surface area contributed by atoms with Crippen molar-refractivity contribution in [2.75, 3.05) is 6.61 Å². The summed E-state index contributed by atoms with van der Waals surface area (Å²) in [5.74, 6) is -0.689. The van der Waals surface area contributed by atoms with Gasteiger partial charge in [-0.05, 0) is 33.1 Å². The first kappa shape index (κ1) is 24.4. The molecule has 0 spiro atoms. The average Bonchev–Trinajstić information content (AvgIpc) is 2.84. The van der Waals surface area contributed by atoms with Gasteiger partial charge in [0.25, 0.3) is 0 Å². The largest absolute Gasteiger partial charge is 0.632 e. The SMILES string of the molecule is CCCCCCC1(CCCCCCCCCCC(=O)O)OCC(C)(C)[NH+]1[O-]. The van der Waals surface area contributed by atoms with Crippen LogP contribution in [-0.4, -0.2) is 28.9 Å². The van der Waals surface area contributed by atoms with Gasteiger partial charge in [-0.2, -0.15) is 0 Å². The number of hydrogen-bond donors (Lipinski definition) is 2. The molecule has 0 amide bonds. The maximum Gasteiger partial charge on any atom is 0.303 e. The Kier molecular flexibility index (Phi) is 11.5. The predicted octanol–water partition coefficient (Wildman–Crippen LogP) is 4.83. The van der Waals surface area contributed by atoms with E-state index >= 15 is 0 Å². The Bertz CT molecular complexity index is 413. The van der Waals surface area contributed by atoms with Gasteiger partial charge in [-0.15, -0.1) is 0 Å². The molecule has 0 bridgehead atoms. The first-order valence-corrected chi connectivity index (χ1v) is 11.2. The summed E-state index contributed by atoms with van der Waals surface area (Å²) >= 11 is 0.